The van der Waals surface area contributed by atoms with Gasteiger partial charge in [0.2, 0.25) is 5.91 Å². The molecule has 0 aromatic rings. The van der Waals surface area contributed by atoms with Crippen LogP contribution in [0.3, 0.4) is 0 Å². The number of carbonyl (C=O) groups excluding carboxylic acids is 1. The largest absolute Gasteiger partial charge is 0.351 e. The van der Waals surface area contributed by atoms with Crippen LogP contribution in [-0.4, -0.2) is 42.0 Å². The van der Waals surface area contributed by atoms with Crippen molar-refractivity contribution >= 4 is 5.91 Å². The van der Waals surface area contributed by atoms with E-state index in [-0.39, 0.29) is 18.0 Å². The van der Waals surface area contributed by atoms with Crippen LogP contribution in [0.2, 0.25) is 0 Å². The minimum Gasteiger partial charge on any atom is -0.351 e. The zero-order valence-electron chi connectivity index (χ0n) is 10.8. The van der Waals surface area contributed by atoms with Gasteiger partial charge in [-0.25, -0.2) is 0 Å². The summed E-state index contributed by atoms with van der Waals surface area (Å²) >= 11 is 0. The number of amides is 1. The van der Waals surface area contributed by atoms with Crippen LogP contribution in [0.25, 0.3) is 0 Å². The van der Waals surface area contributed by atoms with Crippen LogP contribution >= 0.6 is 0 Å². The van der Waals surface area contributed by atoms with E-state index in [0.717, 1.165) is 6.54 Å². The Labute approximate surface area is 104 Å². The van der Waals surface area contributed by atoms with Gasteiger partial charge in [0.05, 0.1) is 0 Å². The van der Waals surface area contributed by atoms with Gasteiger partial charge in [-0.15, -0.1) is 0 Å². The Bertz CT molecular complexity index is 261. The van der Waals surface area contributed by atoms with E-state index in [2.05, 4.69) is 17.1 Å². The van der Waals surface area contributed by atoms with Gasteiger partial charge in [0.25, 0.3) is 0 Å². The van der Waals surface area contributed by atoms with Crippen molar-refractivity contribution < 1.29 is 4.79 Å². The van der Waals surface area contributed by atoms with E-state index in [1.807, 2.05) is 0 Å². The van der Waals surface area contributed by atoms with E-state index in [1.54, 1.807) is 0 Å². The van der Waals surface area contributed by atoms with Gasteiger partial charge in [-0.1, -0.05) is 25.7 Å². The number of nitrogens with one attached hydrogen (secondary N) is 1. The highest BCUT2D eigenvalue weighted by Gasteiger charge is 2.35. The fourth-order valence-electron chi connectivity index (χ4n) is 3.21. The molecular formula is C13H25N3O. The summed E-state index contributed by atoms with van der Waals surface area (Å²) in [6.45, 7) is 3.47. The molecule has 0 aromatic carbocycles. The lowest BCUT2D eigenvalue weighted by Gasteiger charge is -2.42. The average molecular weight is 239 g/mol. The molecule has 2 atom stereocenters. The highest BCUT2D eigenvalue weighted by Crippen LogP contribution is 2.24. The number of carbonyl (C=O) groups is 1. The molecule has 1 amide bonds. The molecule has 98 valence electrons. The first kappa shape index (κ1) is 12.8. The molecule has 1 saturated heterocycles. The van der Waals surface area contributed by atoms with Gasteiger partial charge in [0.1, 0.15) is 6.04 Å². The van der Waals surface area contributed by atoms with E-state index >= 15 is 0 Å². The van der Waals surface area contributed by atoms with Crippen LogP contribution < -0.4 is 11.1 Å². The summed E-state index contributed by atoms with van der Waals surface area (Å²) < 4.78 is 0. The Morgan fingerprint density at radius 2 is 1.94 bits per heavy atom. The third kappa shape index (κ3) is 2.99. The molecule has 0 bridgehead atoms. The lowest BCUT2D eigenvalue weighted by Crippen LogP contribution is -2.63. The second kappa shape index (κ2) is 5.83. The van der Waals surface area contributed by atoms with Crippen molar-refractivity contribution in [2.24, 2.45) is 5.73 Å². The number of hydrogen-bond acceptors (Lipinski definition) is 3. The number of nitrogens with two attached hydrogens (primary N) is 1. The molecule has 4 nitrogen and oxygen atoms in total. The Morgan fingerprint density at radius 3 is 2.53 bits per heavy atom. The first-order valence-electron chi connectivity index (χ1n) is 6.98. The van der Waals surface area contributed by atoms with Crippen molar-refractivity contribution in [3.8, 4) is 0 Å². The van der Waals surface area contributed by atoms with Crippen LogP contribution in [0.1, 0.15) is 45.4 Å². The standard InChI is InChI=1S/C13H25N3O/c1-10-9-16(12(8-14)13(17)15-10)11-6-4-2-3-5-7-11/h10-12H,2-9,14H2,1H3,(H,15,17). The van der Waals surface area contributed by atoms with E-state index in [1.165, 1.54) is 38.5 Å². The Hall–Kier alpha value is -0.610. The predicted molar refractivity (Wildman–Crippen MR) is 68.6 cm³/mol. The quantitative estimate of drug-likeness (QED) is 0.703. The summed E-state index contributed by atoms with van der Waals surface area (Å²) in [5.41, 5.74) is 5.77. The van der Waals surface area contributed by atoms with Gasteiger partial charge >= 0.3 is 0 Å². The molecule has 2 aliphatic rings. The molecule has 1 aliphatic carbocycles. The lowest BCUT2D eigenvalue weighted by molar-refractivity contribution is -0.131. The number of piperazine rings is 1. The van der Waals surface area contributed by atoms with Crippen LogP contribution in [0.5, 0.6) is 0 Å². The third-order valence-electron chi connectivity index (χ3n) is 4.09. The Balaban J connectivity index is 2.06. The molecule has 2 unspecified atom stereocenters. The van der Waals surface area contributed by atoms with Crippen molar-refractivity contribution in [1.82, 2.24) is 10.2 Å². The van der Waals surface area contributed by atoms with Crippen molar-refractivity contribution in [1.29, 1.82) is 0 Å². The molecule has 17 heavy (non-hydrogen) atoms. The van der Waals surface area contributed by atoms with Crippen molar-refractivity contribution in [2.75, 3.05) is 13.1 Å². The summed E-state index contributed by atoms with van der Waals surface area (Å²) in [5.74, 6) is 0.121. The molecule has 1 heterocycles. The Kier molecular flexibility index (Phi) is 4.40. The number of hydrogen-bond donors (Lipinski definition) is 2. The normalized spacial score (nSPS) is 33.2. The third-order valence-corrected chi connectivity index (χ3v) is 4.09. The molecular weight excluding hydrogens is 214 g/mol. The van der Waals surface area contributed by atoms with Gasteiger partial charge in [-0.05, 0) is 19.8 Å². The smallest absolute Gasteiger partial charge is 0.238 e. The zero-order valence-corrected chi connectivity index (χ0v) is 10.8. The maximum Gasteiger partial charge on any atom is 0.238 e. The SMILES string of the molecule is CC1CN(C2CCCCCC2)C(CN)C(=O)N1. The molecule has 0 radical (unpaired) electrons. The molecule has 3 N–H and O–H groups in total. The van der Waals surface area contributed by atoms with Gasteiger partial charge in [-0.3, -0.25) is 9.69 Å². The topological polar surface area (TPSA) is 58.4 Å². The maximum absolute atomic E-state index is 11.9. The molecule has 2 rings (SSSR count). The summed E-state index contributed by atoms with van der Waals surface area (Å²) in [5, 5.41) is 3.00. The second-order valence-electron chi connectivity index (χ2n) is 5.50. The highest BCUT2D eigenvalue weighted by atomic mass is 16.2. The highest BCUT2D eigenvalue weighted by molar-refractivity contribution is 5.83. The maximum atomic E-state index is 11.9. The molecule has 1 aliphatic heterocycles. The molecule has 0 spiro atoms. The van der Waals surface area contributed by atoms with Crippen molar-refractivity contribution in [3.05, 3.63) is 0 Å². The fourth-order valence-corrected chi connectivity index (χ4v) is 3.21. The first-order chi connectivity index (χ1) is 8.22. The van der Waals surface area contributed by atoms with Gasteiger partial charge in [-0.2, -0.15) is 0 Å². The van der Waals surface area contributed by atoms with Crippen LogP contribution in [0, 0.1) is 0 Å². The van der Waals surface area contributed by atoms with Crippen LogP contribution in [0.4, 0.5) is 0 Å². The molecule has 4 heteroatoms. The molecule has 1 saturated carbocycles. The van der Waals surface area contributed by atoms with Crippen LogP contribution in [-0.2, 0) is 4.79 Å². The predicted octanol–water partition coefficient (Wildman–Crippen LogP) is 0.857. The van der Waals surface area contributed by atoms with E-state index < -0.39 is 0 Å². The Morgan fingerprint density at radius 1 is 1.29 bits per heavy atom. The minimum absolute atomic E-state index is 0.103. The van der Waals surface area contributed by atoms with Crippen molar-refractivity contribution in [3.63, 3.8) is 0 Å². The first-order valence-corrected chi connectivity index (χ1v) is 6.98. The molecule has 2 fully saturated rings. The summed E-state index contributed by atoms with van der Waals surface area (Å²) in [6, 6.07) is 0.724. The number of nitrogens with zero attached hydrogens (tertiary/aromatic N) is 1. The summed E-state index contributed by atoms with van der Waals surface area (Å²) in [7, 11) is 0. The fraction of sp³-hybridized carbons (Fsp3) is 0.923. The lowest BCUT2D eigenvalue weighted by atomic mass is 10.0. The monoisotopic (exact) mass is 239 g/mol. The zero-order chi connectivity index (χ0) is 12.3. The second-order valence-corrected chi connectivity index (χ2v) is 5.50. The van der Waals surface area contributed by atoms with E-state index in [0.29, 0.717) is 12.6 Å². The molecule has 0 aromatic heterocycles. The van der Waals surface area contributed by atoms with E-state index in [9.17, 15) is 4.79 Å². The average Bonchev–Trinajstić information content (AvgIpc) is 2.56. The van der Waals surface area contributed by atoms with Gasteiger partial charge in [0.15, 0.2) is 0 Å². The number of rotatable bonds is 2. The van der Waals surface area contributed by atoms with E-state index in [4.69, 9.17) is 5.73 Å². The van der Waals surface area contributed by atoms with Gasteiger partial charge < -0.3 is 11.1 Å². The van der Waals surface area contributed by atoms with Crippen LogP contribution in [0.15, 0.2) is 0 Å². The summed E-state index contributed by atoms with van der Waals surface area (Å²) in [6.07, 6.45) is 7.76. The minimum atomic E-state index is -0.103. The van der Waals surface area contributed by atoms with Crippen molar-refractivity contribution in [2.45, 2.75) is 63.6 Å². The van der Waals surface area contributed by atoms with Gasteiger partial charge in [0, 0.05) is 25.2 Å². The summed E-state index contributed by atoms with van der Waals surface area (Å²) in [4.78, 5) is 14.3.